The van der Waals surface area contributed by atoms with Crippen LogP contribution in [0.4, 0.5) is 0 Å². The third kappa shape index (κ3) is 2.48. The second-order valence-electron chi connectivity index (χ2n) is 4.25. The molecular weight excluding hydrogens is 134 g/mol. The van der Waals surface area contributed by atoms with Crippen LogP contribution in [0.1, 0.15) is 39.5 Å². The van der Waals surface area contributed by atoms with E-state index in [0.29, 0.717) is 5.41 Å². The smallest absolute Gasteiger partial charge is 0.000491 e. The van der Waals surface area contributed by atoms with Gasteiger partial charge in [0, 0.05) is 6.54 Å². The molecule has 0 aromatic carbocycles. The Morgan fingerprint density at radius 3 is 2.45 bits per heavy atom. The lowest BCUT2D eigenvalue weighted by molar-refractivity contribution is 0.354. The molecule has 1 nitrogen and oxygen atoms in total. The van der Waals surface area contributed by atoms with Crippen molar-refractivity contribution in [2.24, 2.45) is 11.3 Å². The predicted molar refractivity (Wildman–Crippen MR) is 49.7 cm³/mol. The van der Waals surface area contributed by atoms with Crippen LogP contribution in [0, 0.1) is 11.3 Å². The van der Waals surface area contributed by atoms with Crippen molar-refractivity contribution in [1.82, 2.24) is 5.32 Å². The molecule has 0 radical (unpaired) electrons. The van der Waals surface area contributed by atoms with Gasteiger partial charge in [0.25, 0.3) is 0 Å². The summed E-state index contributed by atoms with van der Waals surface area (Å²) >= 11 is 0. The molecule has 0 spiro atoms. The largest absolute Gasteiger partial charge is 0.319 e. The molecule has 0 aromatic heterocycles. The summed E-state index contributed by atoms with van der Waals surface area (Å²) in [6.45, 7) is 5.90. The predicted octanol–water partition coefficient (Wildman–Crippen LogP) is 2.42. The van der Waals surface area contributed by atoms with Crippen molar-refractivity contribution < 1.29 is 0 Å². The second kappa shape index (κ2) is 3.57. The van der Waals surface area contributed by atoms with Crippen molar-refractivity contribution in [3.8, 4) is 0 Å². The molecule has 1 aliphatic carbocycles. The van der Waals surface area contributed by atoms with E-state index in [-0.39, 0.29) is 0 Å². The van der Waals surface area contributed by atoms with Crippen LogP contribution in [0.2, 0.25) is 0 Å². The first-order chi connectivity index (χ1) is 5.22. The van der Waals surface area contributed by atoms with Crippen molar-refractivity contribution in [2.45, 2.75) is 39.5 Å². The zero-order valence-electron chi connectivity index (χ0n) is 8.11. The lowest BCUT2D eigenvalue weighted by Crippen LogP contribution is -2.21. The molecule has 1 N–H and O–H groups in total. The molecule has 1 atom stereocenters. The summed E-state index contributed by atoms with van der Waals surface area (Å²) < 4.78 is 0. The summed E-state index contributed by atoms with van der Waals surface area (Å²) in [6.07, 6.45) is 5.69. The van der Waals surface area contributed by atoms with Gasteiger partial charge in [-0.15, -0.1) is 0 Å². The molecule has 1 rings (SSSR count). The van der Waals surface area contributed by atoms with E-state index >= 15 is 0 Å². The van der Waals surface area contributed by atoms with Gasteiger partial charge in [0.2, 0.25) is 0 Å². The number of hydrogen-bond acceptors (Lipinski definition) is 1. The Morgan fingerprint density at radius 2 is 2.09 bits per heavy atom. The summed E-state index contributed by atoms with van der Waals surface area (Å²) in [7, 11) is 2.07. The number of nitrogens with one attached hydrogen (secondary N) is 1. The molecule has 1 fully saturated rings. The van der Waals surface area contributed by atoms with E-state index < -0.39 is 0 Å². The van der Waals surface area contributed by atoms with Gasteiger partial charge in [0.05, 0.1) is 0 Å². The van der Waals surface area contributed by atoms with Crippen LogP contribution in [-0.2, 0) is 0 Å². The van der Waals surface area contributed by atoms with Crippen LogP contribution < -0.4 is 5.32 Å². The van der Waals surface area contributed by atoms with E-state index in [2.05, 4.69) is 26.2 Å². The fourth-order valence-electron chi connectivity index (χ4n) is 1.89. The minimum absolute atomic E-state index is 0.712. The van der Waals surface area contributed by atoms with Gasteiger partial charge in [-0.25, -0.2) is 0 Å². The zero-order chi connectivity index (χ0) is 8.32. The molecule has 66 valence electrons. The summed E-state index contributed by atoms with van der Waals surface area (Å²) in [5.74, 6) is 0.922. The topological polar surface area (TPSA) is 12.0 Å². The van der Waals surface area contributed by atoms with E-state index in [1.807, 2.05) is 0 Å². The summed E-state index contributed by atoms with van der Waals surface area (Å²) in [4.78, 5) is 0. The Morgan fingerprint density at radius 1 is 1.45 bits per heavy atom. The highest BCUT2D eigenvalue weighted by molar-refractivity contribution is 4.95. The minimum atomic E-state index is 0.712. The molecule has 0 heterocycles. The maximum Gasteiger partial charge on any atom is 0.000491 e. The van der Waals surface area contributed by atoms with Gasteiger partial charge in [-0.1, -0.05) is 20.3 Å². The van der Waals surface area contributed by atoms with Crippen molar-refractivity contribution in [3.05, 3.63) is 0 Å². The molecule has 1 aliphatic rings. The molecule has 0 saturated heterocycles. The van der Waals surface area contributed by atoms with Gasteiger partial charge in [0.15, 0.2) is 0 Å². The first-order valence-corrected chi connectivity index (χ1v) is 4.87. The Labute approximate surface area is 70.6 Å². The lowest BCUT2D eigenvalue weighted by atomic mass is 9.91. The van der Waals surface area contributed by atoms with Crippen molar-refractivity contribution in [3.63, 3.8) is 0 Å². The highest BCUT2D eigenvalue weighted by Crippen LogP contribution is 2.50. The molecular formula is C10H21N. The SMILES string of the molecule is CCC(C)CC1(CNC)CC1. The molecule has 0 aliphatic heterocycles. The lowest BCUT2D eigenvalue weighted by Gasteiger charge is -2.18. The van der Waals surface area contributed by atoms with E-state index in [1.165, 1.54) is 32.2 Å². The standard InChI is InChI=1S/C10H21N/c1-4-9(2)7-10(5-6-10)8-11-3/h9,11H,4-8H2,1-3H3. The maximum absolute atomic E-state index is 3.30. The minimum Gasteiger partial charge on any atom is -0.319 e. The van der Waals surface area contributed by atoms with Gasteiger partial charge >= 0.3 is 0 Å². The zero-order valence-corrected chi connectivity index (χ0v) is 8.11. The van der Waals surface area contributed by atoms with Crippen molar-refractivity contribution in [2.75, 3.05) is 13.6 Å². The first kappa shape index (κ1) is 9.05. The highest BCUT2D eigenvalue weighted by Gasteiger charge is 2.42. The van der Waals surface area contributed by atoms with Crippen LogP contribution >= 0.6 is 0 Å². The van der Waals surface area contributed by atoms with Crippen molar-refractivity contribution in [1.29, 1.82) is 0 Å². The fraction of sp³-hybridized carbons (Fsp3) is 1.00. The van der Waals surface area contributed by atoms with Gasteiger partial charge in [-0.2, -0.15) is 0 Å². The molecule has 0 bridgehead atoms. The molecule has 11 heavy (non-hydrogen) atoms. The third-order valence-corrected chi connectivity index (χ3v) is 2.99. The molecule has 1 saturated carbocycles. The highest BCUT2D eigenvalue weighted by atomic mass is 14.8. The third-order valence-electron chi connectivity index (χ3n) is 2.99. The average Bonchev–Trinajstić information content (AvgIpc) is 2.70. The monoisotopic (exact) mass is 155 g/mol. The van der Waals surface area contributed by atoms with Crippen LogP contribution in [0.3, 0.4) is 0 Å². The molecule has 1 unspecified atom stereocenters. The van der Waals surface area contributed by atoms with Crippen LogP contribution in [0.25, 0.3) is 0 Å². The van der Waals surface area contributed by atoms with Crippen LogP contribution in [0.5, 0.6) is 0 Å². The molecule has 0 amide bonds. The Bertz CT molecular complexity index is 116. The normalized spacial score (nSPS) is 23.2. The van der Waals surface area contributed by atoms with Crippen molar-refractivity contribution >= 4 is 0 Å². The fourth-order valence-corrected chi connectivity index (χ4v) is 1.89. The number of hydrogen-bond donors (Lipinski definition) is 1. The molecule has 1 heteroatoms. The van der Waals surface area contributed by atoms with Crippen LogP contribution in [-0.4, -0.2) is 13.6 Å². The van der Waals surface area contributed by atoms with E-state index in [1.54, 1.807) is 0 Å². The summed E-state index contributed by atoms with van der Waals surface area (Å²) in [5, 5.41) is 3.30. The van der Waals surface area contributed by atoms with Gasteiger partial charge in [-0.05, 0) is 37.6 Å². The maximum atomic E-state index is 3.30. The quantitative estimate of drug-likeness (QED) is 0.643. The Kier molecular flexibility index (Phi) is 2.94. The van der Waals surface area contributed by atoms with E-state index in [4.69, 9.17) is 0 Å². The second-order valence-corrected chi connectivity index (χ2v) is 4.25. The summed E-state index contributed by atoms with van der Waals surface area (Å²) in [6, 6.07) is 0. The van der Waals surface area contributed by atoms with Gasteiger partial charge < -0.3 is 5.32 Å². The first-order valence-electron chi connectivity index (χ1n) is 4.87. The average molecular weight is 155 g/mol. The van der Waals surface area contributed by atoms with E-state index in [9.17, 15) is 0 Å². The van der Waals surface area contributed by atoms with Gasteiger partial charge in [-0.3, -0.25) is 0 Å². The van der Waals surface area contributed by atoms with E-state index in [0.717, 1.165) is 5.92 Å². The summed E-state index contributed by atoms with van der Waals surface area (Å²) in [5.41, 5.74) is 0.712. The van der Waals surface area contributed by atoms with Gasteiger partial charge in [0.1, 0.15) is 0 Å². The number of rotatable bonds is 5. The van der Waals surface area contributed by atoms with Crippen LogP contribution in [0.15, 0.2) is 0 Å². The Balaban J connectivity index is 2.23. The Hall–Kier alpha value is -0.0400. The molecule has 0 aromatic rings.